The van der Waals surface area contributed by atoms with E-state index in [1.165, 1.54) is 28.5 Å². The Labute approximate surface area is 164 Å². The van der Waals surface area contributed by atoms with Crippen molar-refractivity contribution in [2.75, 3.05) is 25.0 Å². The molecule has 4 heterocycles. The third kappa shape index (κ3) is 3.13. The van der Waals surface area contributed by atoms with Crippen LogP contribution >= 0.6 is 0 Å². The zero-order valence-corrected chi connectivity index (χ0v) is 16.0. The van der Waals surface area contributed by atoms with Gasteiger partial charge in [-0.15, -0.1) is 0 Å². The Kier molecular flexibility index (Phi) is 4.47. The van der Waals surface area contributed by atoms with Crippen LogP contribution < -0.4 is 5.32 Å². The quantitative estimate of drug-likeness (QED) is 0.695. The standard InChI is InChI=1S/C22H25N5O/c28-15-26-11-7-16(8-12-26)13-24-22-23-9-6-20(25-22)19-14-27-10-2-4-17-3-1-5-18(19)21(17)27/h1,3,5-6,9,14-16H,2,4,7-8,10-13H2,(H,23,24,25). The maximum absolute atomic E-state index is 10.8. The van der Waals surface area contributed by atoms with Gasteiger partial charge in [-0.2, -0.15) is 0 Å². The fourth-order valence-corrected chi connectivity index (χ4v) is 4.55. The van der Waals surface area contributed by atoms with Crippen molar-refractivity contribution in [3.05, 3.63) is 42.2 Å². The highest BCUT2D eigenvalue weighted by atomic mass is 16.1. The lowest BCUT2D eigenvalue weighted by molar-refractivity contribution is -0.119. The summed E-state index contributed by atoms with van der Waals surface area (Å²) in [4.78, 5) is 21.9. The fourth-order valence-electron chi connectivity index (χ4n) is 4.55. The lowest BCUT2D eigenvalue weighted by atomic mass is 9.97. The zero-order chi connectivity index (χ0) is 18.9. The second kappa shape index (κ2) is 7.26. The minimum atomic E-state index is 0.557. The molecular formula is C22H25N5O. The van der Waals surface area contributed by atoms with Crippen molar-refractivity contribution in [2.24, 2.45) is 5.92 Å². The van der Waals surface area contributed by atoms with Gasteiger partial charge in [0.15, 0.2) is 0 Å². The van der Waals surface area contributed by atoms with Gasteiger partial charge < -0.3 is 14.8 Å². The summed E-state index contributed by atoms with van der Waals surface area (Å²) in [6, 6.07) is 8.59. The molecule has 2 aliphatic heterocycles. The average molecular weight is 375 g/mol. The van der Waals surface area contributed by atoms with Crippen LogP contribution in [0.4, 0.5) is 5.95 Å². The van der Waals surface area contributed by atoms with Crippen LogP contribution in [0.1, 0.15) is 24.8 Å². The summed E-state index contributed by atoms with van der Waals surface area (Å²) < 4.78 is 2.37. The number of benzene rings is 1. The van der Waals surface area contributed by atoms with E-state index in [2.05, 4.69) is 39.3 Å². The highest BCUT2D eigenvalue weighted by Crippen LogP contribution is 2.34. The fraction of sp³-hybridized carbons (Fsp3) is 0.409. The molecule has 2 aliphatic rings. The molecule has 28 heavy (non-hydrogen) atoms. The minimum absolute atomic E-state index is 0.557. The van der Waals surface area contributed by atoms with Gasteiger partial charge in [0, 0.05) is 49.5 Å². The number of hydrogen-bond acceptors (Lipinski definition) is 4. The largest absolute Gasteiger partial charge is 0.354 e. The molecule has 0 atom stereocenters. The Morgan fingerprint density at radius 1 is 1.18 bits per heavy atom. The number of hydrogen-bond donors (Lipinski definition) is 1. The summed E-state index contributed by atoms with van der Waals surface area (Å²) >= 11 is 0. The molecule has 0 spiro atoms. The molecule has 144 valence electrons. The Morgan fingerprint density at radius 2 is 2.07 bits per heavy atom. The van der Waals surface area contributed by atoms with Gasteiger partial charge in [-0.3, -0.25) is 4.79 Å². The van der Waals surface area contributed by atoms with Crippen molar-refractivity contribution >= 4 is 23.3 Å². The predicted molar refractivity (Wildman–Crippen MR) is 110 cm³/mol. The summed E-state index contributed by atoms with van der Waals surface area (Å²) in [5.41, 5.74) is 4.95. The lowest BCUT2D eigenvalue weighted by Gasteiger charge is -2.29. The van der Waals surface area contributed by atoms with Gasteiger partial charge >= 0.3 is 0 Å². The number of carbonyl (C=O) groups is 1. The second-order valence-corrected chi connectivity index (χ2v) is 7.88. The topological polar surface area (TPSA) is 63.1 Å². The first-order valence-electron chi connectivity index (χ1n) is 10.2. The highest BCUT2D eigenvalue weighted by Gasteiger charge is 2.19. The summed E-state index contributed by atoms with van der Waals surface area (Å²) in [5, 5.41) is 4.69. The van der Waals surface area contributed by atoms with Crippen molar-refractivity contribution in [1.29, 1.82) is 0 Å². The van der Waals surface area contributed by atoms with Crippen molar-refractivity contribution in [3.63, 3.8) is 0 Å². The molecule has 6 heteroatoms. The highest BCUT2D eigenvalue weighted by molar-refractivity contribution is 5.97. The molecule has 1 N–H and O–H groups in total. The van der Waals surface area contributed by atoms with Gasteiger partial charge in [0.1, 0.15) is 0 Å². The Bertz CT molecular complexity index is 1000. The van der Waals surface area contributed by atoms with E-state index in [1.54, 1.807) is 0 Å². The molecule has 2 aromatic heterocycles. The van der Waals surface area contributed by atoms with E-state index >= 15 is 0 Å². The number of amides is 1. The van der Waals surface area contributed by atoms with E-state index in [9.17, 15) is 4.79 Å². The van der Waals surface area contributed by atoms with Gasteiger partial charge in [0.05, 0.1) is 11.2 Å². The molecule has 5 rings (SSSR count). The number of likely N-dealkylation sites (tertiary alicyclic amines) is 1. The Hall–Kier alpha value is -2.89. The van der Waals surface area contributed by atoms with Crippen LogP contribution in [-0.4, -0.2) is 45.5 Å². The van der Waals surface area contributed by atoms with Crippen LogP contribution in [0.3, 0.4) is 0 Å². The molecular weight excluding hydrogens is 350 g/mol. The van der Waals surface area contributed by atoms with E-state index in [0.29, 0.717) is 11.9 Å². The number of nitrogens with one attached hydrogen (secondary N) is 1. The lowest BCUT2D eigenvalue weighted by Crippen LogP contribution is -2.34. The van der Waals surface area contributed by atoms with Gasteiger partial charge in [0.2, 0.25) is 12.4 Å². The number of nitrogens with zero attached hydrogens (tertiary/aromatic N) is 4. The molecule has 1 aromatic carbocycles. The molecule has 0 radical (unpaired) electrons. The van der Waals surface area contributed by atoms with Gasteiger partial charge in [-0.25, -0.2) is 9.97 Å². The molecule has 0 aliphatic carbocycles. The molecule has 1 amide bonds. The summed E-state index contributed by atoms with van der Waals surface area (Å²) in [5.74, 6) is 1.24. The molecule has 0 unspecified atom stereocenters. The van der Waals surface area contributed by atoms with Crippen molar-refractivity contribution in [2.45, 2.75) is 32.2 Å². The first-order chi connectivity index (χ1) is 13.8. The Morgan fingerprint density at radius 3 is 2.93 bits per heavy atom. The monoisotopic (exact) mass is 375 g/mol. The third-order valence-electron chi connectivity index (χ3n) is 6.11. The number of para-hydroxylation sites is 1. The maximum atomic E-state index is 10.8. The average Bonchev–Trinajstić information content (AvgIpc) is 3.14. The van der Waals surface area contributed by atoms with Gasteiger partial charge in [-0.05, 0) is 43.2 Å². The number of piperidine rings is 1. The van der Waals surface area contributed by atoms with E-state index < -0.39 is 0 Å². The van der Waals surface area contributed by atoms with Crippen LogP contribution in [-0.2, 0) is 17.8 Å². The second-order valence-electron chi connectivity index (χ2n) is 7.88. The minimum Gasteiger partial charge on any atom is -0.354 e. The van der Waals surface area contributed by atoms with Crippen LogP contribution in [0.15, 0.2) is 36.7 Å². The van der Waals surface area contributed by atoms with Gasteiger partial charge in [0.25, 0.3) is 0 Å². The zero-order valence-electron chi connectivity index (χ0n) is 16.0. The number of carbonyl (C=O) groups excluding carboxylic acids is 1. The first-order valence-corrected chi connectivity index (χ1v) is 10.2. The normalized spacial score (nSPS) is 17.1. The molecule has 3 aromatic rings. The van der Waals surface area contributed by atoms with E-state index in [-0.39, 0.29) is 0 Å². The van der Waals surface area contributed by atoms with E-state index in [0.717, 1.165) is 57.5 Å². The number of aryl methyl sites for hydroxylation is 2. The summed E-state index contributed by atoms with van der Waals surface area (Å²) in [7, 11) is 0. The van der Waals surface area contributed by atoms with Crippen molar-refractivity contribution < 1.29 is 4.79 Å². The summed E-state index contributed by atoms with van der Waals surface area (Å²) in [6.45, 7) is 3.61. The van der Waals surface area contributed by atoms with Crippen LogP contribution in [0.25, 0.3) is 22.2 Å². The Balaban J connectivity index is 1.36. The van der Waals surface area contributed by atoms with Crippen LogP contribution in [0.5, 0.6) is 0 Å². The van der Waals surface area contributed by atoms with Crippen molar-refractivity contribution in [1.82, 2.24) is 19.4 Å². The van der Waals surface area contributed by atoms with E-state index in [1.807, 2.05) is 17.2 Å². The molecule has 6 nitrogen and oxygen atoms in total. The smallest absolute Gasteiger partial charge is 0.223 e. The van der Waals surface area contributed by atoms with Gasteiger partial charge in [-0.1, -0.05) is 18.2 Å². The molecule has 1 fully saturated rings. The van der Waals surface area contributed by atoms with Crippen LogP contribution in [0.2, 0.25) is 0 Å². The first kappa shape index (κ1) is 17.2. The molecule has 0 bridgehead atoms. The van der Waals surface area contributed by atoms with Crippen LogP contribution in [0, 0.1) is 5.92 Å². The maximum Gasteiger partial charge on any atom is 0.223 e. The van der Waals surface area contributed by atoms with Crippen molar-refractivity contribution in [3.8, 4) is 11.3 Å². The summed E-state index contributed by atoms with van der Waals surface area (Å²) in [6.07, 6.45) is 9.44. The molecule has 0 saturated carbocycles. The predicted octanol–water partition coefficient (Wildman–Crippen LogP) is 3.32. The number of anilines is 1. The SMILES string of the molecule is O=CN1CCC(CNc2nccc(-c3cn4c5c(cccc35)CCC4)n2)CC1. The molecule has 1 saturated heterocycles. The number of rotatable bonds is 5. The number of aromatic nitrogens is 3. The van der Waals surface area contributed by atoms with E-state index in [4.69, 9.17) is 4.98 Å². The third-order valence-corrected chi connectivity index (χ3v) is 6.11.